The molecule has 1 saturated carbocycles. The molecule has 28 heavy (non-hydrogen) atoms. The van der Waals surface area contributed by atoms with Crippen LogP contribution in [0.5, 0.6) is 0 Å². The normalized spacial score (nSPS) is 15.9. The van der Waals surface area contributed by atoms with Crippen molar-refractivity contribution in [1.29, 1.82) is 0 Å². The molecular weight excluding hydrogens is 372 g/mol. The van der Waals surface area contributed by atoms with Crippen molar-refractivity contribution in [3.63, 3.8) is 0 Å². The Morgan fingerprint density at radius 2 is 1.71 bits per heavy atom. The number of benzene rings is 2. The largest absolute Gasteiger partial charge is 0.416 e. The van der Waals surface area contributed by atoms with E-state index < -0.39 is 17.6 Å². The molecule has 146 valence electrons. The highest BCUT2D eigenvalue weighted by Crippen LogP contribution is 2.35. The first kappa shape index (κ1) is 18.7. The molecule has 0 unspecified atom stereocenters. The van der Waals surface area contributed by atoms with E-state index in [0.29, 0.717) is 29.8 Å². The molecule has 0 aliphatic heterocycles. The smallest absolute Gasteiger partial charge is 0.289 e. The molecule has 1 fully saturated rings. The number of alkyl halides is 3. The van der Waals surface area contributed by atoms with Crippen molar-refractivity contribution >= 4 is 10.9 Å². The van der Waals surface area contributed by atoms with Gasteiger partial charge in [-0.3, -0.25) is 9.36 Å². The van der Waals surface area contributed by atoms with Gasteiger partial charge in [0.15, 0.2) is 0 Å². The summed E-state index contributed by atoms with van der Waals surface area (Å²) in [5.74, 6) is -0.876. The zero-order valence-corrected chi connectivity index (χ0v) is 15.0. The molecule has 0 amide bonds. The fourth-order valence-electron chi connectivity index (χ4n) is 3.89. The third kappa shape index (κ3) is 3.30. The Bertz CT molecular complexity index is 1080. The lowest BCUT2D eigenvalue weighted by atomic mass is 9.94. The van der Waals surface area contributed by atoms with E-state index in [1.54, 1.807) is 24.3 Å². The quantitative estimate of drug-likeness (QED) is 0.524. The van der Waals surface area contributed by atoms with Crippen LogP contribution >= 0.6 is 0 Å². The number of hydrogen-bond donors (Lipinski definition) is 0. The van der Waals surface area contributed by atoms with Crippen LogP contribution in [0, 0.1) is 5.82 Å². The highest BCUT2D eigenvalue weighted by atomic mass is 19.4. The standard InChI is InChI=1S/C21H18F4N2O/c22-17-11-10-13(21(23,24)25)12-16(17)19-26-18-9-5-4-8-15(18)20(28)27(19)14-6-2-1-3-7-14/h4-5,8-12,14H,1-3,6-7H2. The van der Waals surface area contributed by atoms with Gasteiger partial charge in [0.05, 0.1) is 22.0 Å². The van der Waals surface area contributed by atoms with E-state index >= 15 is 0 Å². The topological polar surface area (TPSA) is 34.9 Å². The first-order chi connectivity index (χ1) is 13.4. The number of nitrogens with zero attached hydrogens (tertiary/aromatic N) is 2. The van der Waals surface area contributed by atoms with Crippen molar-refractivity contribution in [2.45, 2.75) is 44.3 Å². The van der Waals surface area contributed by atoms with Crippen molar-refractivity contribution in [1.82, 2.24) is 9.55 Å². The number of rotatable bonds is 2. The summed E-state index contributed by atoms with van der Waals surface area (Å²) in [4.78, 5) is 17.6. The third-order valence-electron chi connectivity index (χ3n) is 5.28. The van der Waals surface area contributed by atoms with Gasteiger partial charge in [-0.15, -0.1) is 0 Å². The molecule has 0 bridgehead atoms. The van der Waals surface area contributed by atoms with Crippen LogP contribution in [0.4, 0.5) is 17.6 Å². The summed E-state index contributed by atoms with van der Waals surface area (Å²) in [7, 11) is 0. The second-order valence-electron chi connectivity index (χ2n) is 7.11. The van der Waals surface area contributed by atoms with Crippen LogP contribution in [0.2, 0.25) is 0 Å². The van der Waals surface area contributed by atoms with Crippen molar-refractivity contribution in [2.75, 3.05) is 0 Å². The first-order valence-electron chi connectivity index (χ1n) is 9.24. The van der Waals surface area contributed by atoms with Crippen molar-refractivity contribution in [2.24, 2.45) is 0 Å². The van der Waals surface area contributed by atoms with E-state index in [9.17, 15) is 22.4 Å². The molecule has 0 saturated heterocycles. The van der Waals surface area contributed by atoms with Crippen molar-refractivity contribution in [3.8, 4) is 11.4 Å². The van der Waals surface area contributed by atoms with E-state index in [4.69, 9.17) is 0 Å². The zero-order valence-electron chi connectivity index (χ0n) is 15.0. The first-order valence-corrected chi connectivity index (χ1v) is 9.24. The Labute approximate surface area is 158 Å². The summed E-state index contributed by atoms with van der Waals surface area (Å²) < 4.78 is 55.6. The fraction of sp³-hybridized carbons (Fsp3) is 0.333. The highest BCUT2D eigenvalue weighted by molar-refractivity contribution is 5.79. The van der Waals surface area contributed by atoms with Crippen LogP contribution < -0.4 is 5.56 Å². The molecule has 1 aliphatic carbocycles. The Balaban J connectivity index is 2.02. The minimum absolute atomic E-state index is 0.0424. The van der Waals surface area contributed by atoms with Gasteiger partial charge in [0.1, 0.15) is 11.6 Å². The molecule has 1 aliphatic rings. The molecule has 0 N–H and O–H groups in total. The average Bonchev–Trinajstić information content (AvgIpc) is 2.68. The second kappa shape index (κ2) is 7.04. The molecule has 1 heterocycles. The van der Waals surface area contributed by atoms with Gasteiger partial charge in [0.2, 0.25) is 0 Å². The van der Waals surface area contributed by atoms with Crippen LogP contribution in [-0.2, 0) is 6.18 Å². The Morgan fingerprint density at radius 3 is 2.43 bits per heavy atom. The SMILES string of the molecule is O=c1c2ccccc2nc(-c2cc(C(F)(F)F)ccc2F)n1C1CCCCC1. The summed E-state index contributed by atoms with van der Waals surface area (Å²) in [6, 6.07) is 8.65. The molecular formula is C21H18F4N2O. The molecule has 3 aromatic rings. The van der Waals surface area contributed by atoms with E-state index in [0.717, 1.165) is 31.4 Å². The monoisotopic (exact) mass is 390 g/mol. The van der Waals surface area contributed by atoms with Crippen molar-refractivity contribution in [3.05, 3.63) is 64.2 Å². The Morgan fingerprint density at radius 1 is 1.00 bits per heavy atom. The molecule has 4 rings (SSSR count). The summed E-state index contributed by atoms with van der Waals surface area (Å²) >= 11 is 0. The number of para-hydroxylation sites is 1. The van der Waals surface area contributed by atoms with Gasteiger partial charge in [-0.25, -0.2) is 9.37 Å². The molecule has 0 spiro atoms. The van der Waals surface area contributed by atoms with E-state index in [1.807, 2.05) is 0 Å². The summed E-state index contributed by atoms with van der Waals surface area (Å²) in [6.07, 6.45) is -0.321. The molecule has 2 aromatic carbocycles. The maximum atomic E-state index is 14.6. The lowest BCUT2D eigenvalue weighted by Gasteiger charge is -2.26. The van der Waals surface area contributed by atoms with Gasteiger partial charge >= 0.3 is 6.18 Å². The predicted octanol–water partition coefficient (Wildman–Crippen LogP) is 5.73. The minimum Gasteiger partial charge on any atom is -0.289 e. The molecule has 0 atom stereocenters. The van der Waals surface area contributed by atoms with Gasteiger partial charge in [0.25, 0.3) is 5.56 Å². The maximum absolute atomic E-state index is 14.6. The number of halogens is 4. The molecule has 0 radical (unpaired) electrons. The van der Waals surface area contributed by atoms with E-state index in [-0.39, 0.29) is 23.0 Å². The minimum atomic E-state index is -4.62. The number of fused-ring (bicyclic) bond motifs is 1. The van der Waals surface area contributed by atoms with E-state index in [2.05, 4.69) is 4.98 Å². The third-order valence-corrected chi connectivity index (χ3v) is 5.28. The second-order valence-corrected chi connectivity index (χ2v) is 7.11. The highest BCUT2D eigenvalue weighted by Gasteiger charge is 2.32. The van der Waals surface area contributed by atoms with Crippen LogP contribution in [0.15, 0.2) is 47.3 Å². The lowest BCUT2D eigenvalue weighted by molar-refractivity contribution is -0.137. The predicted molar refractivity (Wildman–Crippen MR) is 98.5 cm³/mol. The average molecular weight is 390 g/mol. The number of aromatic nitrogens is 2. The van der Waals surface area contributed by atoms with E-state index in [1.165, 1.54) is 4.57 Å². The molecule has 7 heteroatoms. The summed E-state index contributed by atoms with van der Waals surface area (Å²) in [6.45, 7) is 0. The summed E-state index contributed by atoms with van der Waals surface area (Å²) in [5, 5.41) is 0.379. The van der Waals surface area contributed by atoms with Gasteiger partial charge in [-0.1, -0.05) is 31.4 Å². The summed E-state index contributed by atoms with van der Waals surface area (Å²) in [5.41, 5.74) is -1.28. The maximum Gasteiger partial charge on any atom is 0.416 e. The van der Waals surface area contributed by atoms with Crippen LogP contribution in [0.3, 0.4) is 0 Å². The van der Waals surface area contributed by atoms with Crippen LogP contribution in [0.25, 0.3) is 22.3 Å². The van der Waals surface area contributed by atoms with Crippen molar-refractivity contribution < 1.29 is 17.6 Å². The van der Waals surface area contributed by atoms with Crippen LogP contribution in [-0.4, -0.2) is 9.55 Å². The van der Waals surface area contributed by atoms with Gasteiger partial charge in [0, 0.05) is 6.04 Å². The molecule has 1 aromatic heterocycles. The zero-order chi connectivity index (χ0) is 19.9. The lowest BCUT2D eigenvalue weighted by Crippen LogP contribution is -2.29. The molecule has 3 nitrogen and oxygen atoms in total. The Hall–Kier alpha value is -2.70. The fourth-order valence-corrected chi connectivity index (χ4v) is 3.89. The number of hydrogen-bond acceptors (Lipinski definition) is 2. The Kier molecular flexibility index (Phi) is 4.69. The van der Waals surface area contributed by atoms with Gasteiger partial charge in [-0.2, -0.15) is 13.2 Å². The van der Waals surface area contributed by atoms with Gasteiger partial charge in [-0.05, 0) is 43.2 Å². The van der Waals surface area contributed by atoms with Gasteiger partial charge < -0.3 is 0 Å². The van der Waals surface area contributed by atoms with Crippen LogP contribution in [0.1, 0.15) is 43.7 Å².